The Kier molecular flexibility index (Phi) is 5.40. The number of benzene rings is 3. The van der Waals surface area contributed by atoms with Gasteiger partial charge in [0.05, 0.1) is 11.0 Å². The van der Waals surface area contributed by atoms with E-state index >= 15 is 0 Å². The fourth-order valence-electron chi connectivity index (χ4n) is 4.30. The molecule has 0 amide bonds. The molecule has 1 aliphatic rings. The highest BCUT2D eigenvalue weighted by molar-refractivity contribution is 6.26. The Hall–Kier alpha value is -3.97. The van der Waals surface area contributed by atoms with Gasteiger partial charge in [0.15, 0.2) is 0 Å². The van der Waals surface area contributed by atoms with Gasteiger partial charge >= 0.3 is 5.97 Å². The maximum absolute atomic E-state index is 12.2. The fraction of sp³-hybridized carbons (Fsp3) is 0.192. The van der Waals surface area contributed by atoms with Gasteiger partial charge in [-0.3, -0.25) is 4.79 Å². The number of carbonyl (C=O) groups is 1. The maximum atomic E-state index is 12.2. The Bertz CT molecular complexity index is 1390. The average molecular weight is 441 g/mol. The van der Waals surface area contributed by atoms with E-state index in [1.165, 1.54) is 0 Å². The summed E-state index contributed by atoms with van der Waals surface area (Å²) in [6.45, 7) is 0.837. The van der Waals surface area contributed by atoms with Crippen molar-refractivity contribution in [1.82, 2.24) is 14.9 Å². The summed E-state index contributed by atoms with van der Waals surface area (Å²) in [5.74, 6) is 0.930. The summed E-state index contributed by atoms with van der Waals surface area (Å²) in [6.07, 6.45) is 1.12. The minimum atomic E-state index is -0.250. The quantitative estimate of drug-likeness (QED) is 0.173. The van der Waals surface area contributed by atoms with Crippen molar-refractivity contribution in [3.8, 4) is 28.3 Å². The van der Waals surface area contributed by atoms with Crippen molar-refractivity contribution in [3.63, 3.8) is 0 Å². The van der Waals surface area contributed by atoms with Gasteiger partial charge < -0.3 is 19.8 Å². The molecule has 0 spiro atoms. The largest absolute Gasteiger partial charge is 0.426 e. The number of imidazole rings is 1. The molecule has 33 heavy (non-hydrogen) atoms. The van der Waals surface area contributed by atoms with Crippen molar-refractivity contribution in [2.24, 2.45) is 5.16 Å². The molecular weight excluding hydrogens is 416 g/mol. The highest BCUT2D eigenvalue weighted by Gasteiger charge is 2.28. The van der Waals surface area contributed by atoms with Gasteiger partial charge in [0.1, 0.15) is 17.3 Å². The van der Waals surface area contributed by atoms with E-state index in [2.05, 4.69) is 10.1 Å². The van der Waals surface area contributed by atoms with E-state index < -0.39 is 0 Å². The summed E-state index contributed by atoms with van der Waals surface area (Å²) in [5.41, 5.74) is 6.77. The van der Waals surface area contributed by atoms with Crippen molar-refractivity contribution in [2.75, 3.05) is 20.6 Å². The Morgan fingerprint density at radius 2 is 1.79 bits per heavy atom. The molecule has 5 rings (SSSR count). The highest BCUT2D eigenvalue weighted by Crippen LogP contribution is 2.42. The van der Waals surface area contributed by atoms with E-state index in [1.54, 1.807) is 12.1 Å². The molecule has 0 fully saturated rings. The zero-order valence-electron chi connectivity index (χ0n) is 18.5. The van der Waals surface area contributed by atoms with E-state index in [0.29, 0.717) is 29.2 Å². The number of oxime groups is 1. The maximum Gasteiger partial charge on any atom is 0.311 e. The Balaban J connectivity index is 1.47. The van der Waals surface area contributed by atoms with Crippen LogP contribution in [0.4, 0.5) is 0 Å². The number of nitrogens with one attached hydrogen (secondary N) is 1. The van der Waals surface area contributed by atoms with Gasteiger partial charge in [-0.15, -0.1) is 0 Å². The van der Waals surface area contributed by atoms with Crippen LogP contribution >= 0.6 is 0 Å². The zero-order valence-corrected chi connectivity index (χ0v) is 18.5. The first-order valence-corrected chi connectivity index (χ1v) is 10.9. The van der Waals surface area contributed by atoms with Crippen LogP contribution in [0.3, 0.4) is 0 Å². The Labute approximate surface area is 191 Å². The summed E-state index contributed by atoms with van der Waals surface area (Å²) < 4.78 is 5.51. The third-order valence-electron chi connectivity index (χ3n) is 5.80. The van der Waals surface area contributed by atoms with E-state index in [-0.39, 0.29) is 5.97 Å². The number of hydrogen-bond donors (Lipinski definition) is 2. The lowest BCUT2D eigenvalue weighted by Crippen LogP contribution is -2.16. The number of H-pyrrole nitrogens is 1. The standard InChI is InChI=1S/C26H24N4O3/c1-30(2)14-6-11-23(31)33-16-12-13-21-22(15-16)28-26(27-21)20-10-5-9-19-24(20)17-7-3-4-8-18(17)25(19)29-32/h3-5,7-10,12-13,15,32H,6,11,14H2,1-2H3,(H,27,28). The lowest BCUT2D eigenvalue weighted by Gasteiger charge is -2.08. The first-order chi connectivity index (χ1) is 16.0. The summed E-state index contributed by atoms with van der Waals surface area (Å²) >= 11 is 0. The van der Waals surface area contributed by atoms with Crippen LogP contribution in [0.1, 0.15) is 24.0 Å². The Morgan fingerprint density at radius 3 is 2.58 bits per heavy atom. The predicted molar refractivity (Wildman–Crippen MR) is 128 cm³/mol. The Morgan fingerprint density at radius 1 is 1.03 bits per heavy atom. The van der Waals surface area contributed by atoms with E-state index in [0.717, 1.165) is 46.3 Å². The molecule has 0 radical (unpaired) electrons. The van der Waals surface area contributed by atoms with Crippen molar-refractivity contribution in [2.45, 2.75) is 12.8 Å². The summed E-state index contributed by atoms with van der Waals surface area (Å²) in [4.78, 5) is 22.4. The molecule has 0 unspecified atom stereocenters. The number of carbonyl (C=O) groups excluding carboxylic acids is 1. The molecule has 166 valence electrons. The number of esters is 1. The van der Waals surface area contributed by atoms with Crippen molar-refractivity contribution < 1.29 is 14.7 Å². The molecule has 0 atom stereocenters. The third-order valence-corrected chi connectivity index (χ3v) is 5.80. The van der Waals surface area contributed by atoms with Crippen LogP contribution in [0.15, 0.2) is 65.8 Å². The number of aromatic amines is 1. The van der Waals surface area contributed by atoms with E-state index in [9.17, 15) is 10.0 Å². The van der Waals surface area contributed by atoms with Crippen molar-refractivity contribution in [3.05, 3.63) is 71.8 Å². The van der Waals surface area contributed by atoms with Gasteiger partial charge in [0.2, 0.25) is 0 Å². The summed E-state index contributed by atoms with van der Waals surface area (Å²) in [5, 5.41) is 13.2. The smallest absolute Gasteiger partial charge is 0.311 e. The summed E-state index contributed by atoms with van der Waals surface area (Å²) in [6, 6.07) is 19.2. The molecule has 0 aliphatic heterocycles. The molecule has 3 aromatic carbocycles. The molecule has 0 saturated carbocycles. The normalized spacial score (nSPS) is 13.5. The van der Waals surface area contributed by atoms with Crippen LogP contribution in [0.5, 0.6) is 5.75 Å². The van der Waals surface area contributed by atoms with E-state index in [4.69, 9.17) is 9.72 Å². The second-order valence-electron chi connectivity index (χ2n) is 8.37. The monoisotopic (exact) mass is 440 g/mol. The van der Waals surface area contributed by atoms with Gasteiger partial charge in [0.25, 0.3) is 0 Å². The molecule has 0 saturated heterocycles. The second-order valence-corrected chi connectivity index (χ2v) is 8.37. The summed E-state index contributed by atoms with van der Waals surface area (Å²) in [7, 11) is 3.96. The van der Waals surface area contributed by atoms with Crippen molar-refractivity contribution >= 4 is 22.7 Å². The first-order valence-electron chi connectivity index (χ1n) is 10.9. The molecule has 0 bridgehead atoms. The van der Waals surface area contributed by atoms with Gasteiger partial charge in [-0.2, -0.15) is 0 Å². The number of hydrogen-bond acceptors (Lipinski definition) is 6. The second kappa shape index (κ2) is 8.52. The van der Waals surface area contributed by atoms with Gasteiger partial charge in [-0.1, -0.05) is 47.6 Å². The molecule has 1 aliphatic carbocycles. The molecule has 2 N–H and O–H groups in total. The van der Waals surface area contributed by atoms with Crippen molar-refractivity contribution in [1.29, 1.82) is 0 Å². The molecule has 1 heterocycles. The van der Waals surface area contributed by atoms with Gasteiger partial charge in [-0.05, 0) is 44.8 Å². The van der Waals surface area contributed by atoms with Crippen LogP contribution in [0.25, 0.3) is 33.5 Å². The minimum absolute atomic E-state index is 0.250. The number of ether oxygens (including phenoxy) is 1. The van der Waals surface area contributed by atoms with E-state index in [1.807, 2.05) is 67.5 Å². The molecular formula is C26H24N4O3. The average Bonchev–Trinajstić information content (AvgIpc) is 3.37. The topological polar surface area (TPSA) is 90.8 Å². The lowest BCUT2D eigenvalue weighted by molar-refractivity contribution is -0.134. The van der Waals surface area contributed by atoms with Gasteiger partial charge in [0, 0.05) is 34.7 Å². The van der Waals surface area contributed by atoms with Gasteiger partial charge in [-0.25, -0.2) is 4.98 Å². The SMILES string of the molecule is CN(C)CCCC(=O)Oc1ccc2[nH]c(-c3cccc4c3-c3ccccc3C4=NO)nc2c1. The first kappa shape index (κ1) is 20.9. The predicted octanol–water partition coefficient (Wildman–Crippen LogP) is 4.68. The fourth-order valence-corrected chi connectivity index (χ4v) is 4.30. The molecule has 7 heteroatoms. The minimum Gasteiger partial charge on any atom is -0.426 e. The highest BCUT2D eigenvalue weighted by atomic mass is 16.5. The number of aromatic nitrogens is 2. The molecule has 1 aromatic heterocycles. The van der Waals surface area contributed by atoms with Crippen LogP contribution in [-0.4, -0.2) is 52.4 Å². The molecule has 7 nitrogen and oxygen atoms in total. The van der Waals surface area contributed by atoms with Crippen LogP contribution < -0.4 is 4.74 Å². The van der Waals surface area contributed by atoms with Crippen LogP contribution in [-0.2, 0) is 4.79 Å². The third kappa shape index (κ3) is 3.87. The number of fused-ring (bicyclic) bond motifs is 4. The van der Waals surface area contributed by atoms with Crippen LogP contribution in [0.2, 0.25) is 0 Å². The number of nitrogens with zero attached hydrogens (tertiary/aromatic N) is 3. The zero-order chi connectivity index (χ0) is 22.9. The number of rotatable bonds is 6. The lowest BCUT2D eigenvalue weighted by atomic mass is 9.99. The van der Waals surface area contributed by atoms with Crippen LogP contribution in [0, 0.1) is 0 Å². The molecule has 4 aromatic rings.